The molecular formula is C12H17N3O. The lowest BCUT2D eigenvalue weighted by molar-refractivity contribution is -0.126. The second kappa shape index (κ2) is 4.51. The Morgan fingerprint density at radius 2 is 2.56 bits per heavy atom. The van der Waals surface area contributed by atoms with E-state index in [0.29, 0.717) is 6.04 Å². The van der Waals surface area contributed by atoms with Crippen LogP contribution in [-0.2, 0) is 18.3 Å². The normalized spacial score (nSPS) is 20.1. The van der Waals surface area contributed by atoms with Crippen molar-refractivity contribution < 1.29 is 4.79 Å². The summed E-state index contributed by atoms with van der Waals surface area (Å²) in [4.78, 5) is 13.5. The first-order valence-electron chi connectivity index (χ1n) is 5.62. The van der Waals surface area contributed by atoms with Gasteiger partial charge in [-0.1, -0.05) is 6.58 Å². The molecule has 1 aromatic heterocycles. The predicted octanol–water partition coefficient (Wildman–Crippen LogP) is 1.14. The zero-order valence-electron chi connectivity index (χ0n) is 9.59. The quantitative estimate of drug-likeness (QED) is 0.715. The van der Waals surface area contributed by atoms with Gasteiger partial charge >= 0.3 is 0 Å². The van der Waals surface area contributed by atoms with E-state index in [1.54, 1.807) is 6.20 Å². The molecule has 0 aromatic carbocycles. The third kappa shape index (κ3) is 2.01. The molecule has 1 aliphatic heterocycles. The van der Waals surface area contributed by atoms with E-state index in [1.165, 1.54) is 11.8 Å². The maximum Gasteiger partial charge on any atom is 0.246 e. The van der Waals surface area contributed by atoms with E-state index in [4.69, 9.17) is 0 Å². The van der Waals surface area contributed by atoms with Crippen LogP contribution >= 0.6 is 0 Å². The molecule has 0 N–H and O–H groups in total. The molecule has 0 bridgehead atoms. The van der Waals surface area contributed by atoms with Crippen LogP contribution in [-0.4, -0.2) is 33.2 Å². The fourth-order valence-electron chi connectivity index (χ4n) is 2.30. The summed E-state index contributed by atoms with van der Waals surface area (Å²) >= 11 is 0. The SMILES string of the molecule is C=CC(=O)N1CCC[C@H]1Cc1ccnn1C. The van der Waals surface area contributed by atoms with E-state index < -0.39 is 0 Å². The van der Waals surface area contributed by atoms with Crippen LogP contribution in [0.3, 0.4) is 0 Å². The molecular weight excluding hydrogens is 202 g/mol. The van der Waals surface area contributed by atoms with Gasteiger partial charge in [-0.15, -0.1) is 0 Å². The molecule has 2 heterocycles. The Morgan fingerprint density at radius 1 is 1.75 bits per heavy atom. The molecule has 0 spiro atoms. The first-order valence-corrected chi connectivity index (χ1v) is 5.62. The molecule has 0 radical (unpaired) electrons. The number of hydrogen-bond donors (Lipinski definition) is 0. The van der Waals surface area contributed by atoms with Crippen molar-refractivity contribution in [2.24, 2.45) is 7.05 Å². The van der Waals surface area contributed by atoms with Crippen molar-refractivity contribution in [3.63, 3.8) is 0 Å². The Morgan fingerprint density at radius 3 is 3.19 bits per heavy atom. The lowest BCUT2D eigenvalue weighted by Crippen LogP contribution is -2.35. The minimum Gasteiger partial charge on any atom is -0.336 e. The highest BCUT2D eigenvalue weighted by molar-refractivity contribution is 5.87. The lowest BCUT2D eigenvalue weighted by atomic mass is 10.1. The molecule has 1 saturated heterocycles. The molecule has 86 valence electrons. The minimum absolute atomic E-state index is 0.0460. The van der Waals surface area contributed by atoms with E-state index >= 15 is 0 Å². The Balaban J connectivity index is 2.07. The van der Waals surface area contributed by atoms with Gasteiger partial charge in [-0.2, -0.15) is 5.10 Å². The number of hydrogen-bond acceptors (Lipinski definition) is 2. The summed E-state index contributed by atoms with van der Waals surface area (Å²) in [5.41, 5.74) is 1.17. The molecule has 2 rings (SSSR count). The third-order valence-corrected chi connectivity index (χ3v) is 3.20. The van der Waals surface area contributed by atoms with Crippen molar-refractivity contribution in [2.75, 3.05) is 6.54 Å². The Bertz CT molecular complexity index is 397. The highest BCUT2D eigenvalue weighted by Gasteiger charge is 2.27. The van der Waals surface area contributed by atoms with Crippen LogP contribution in [0.15, 0.2) is 24.9 Å². The summed E-state index contributed by atoms with van der Waals surface area (Å²) in [7, 11) is 1.93. The molecule has 0 unspecified atom stereocenters. The molecule has 0 aliphatic carbocycles. The summed E-state index contributed by atoms with van der Waals surface area (Å²) < 4.78 is 1.87. The van der Waals surface area contributed by atoms with Crippen LogP contribution < -0.4 is 0 Å². The second-order valence-electron chi connectivity index (χ2n) is 4.18. The van der Waals surface area contributed by atoms with Crippen molar-refractivity contribution in [3.8, 4) is 0 Å². The van der Waals surface area contributed by atoms with Gasteiger partial charge in [0.05, 0.1) is 0 Å². The monoisotopic (exact) mass is 219 g/mol. The molecule has 4 nitrogen and oxygen atoms in total. The Kier molecular flexibility index (Phi) is 3.08. The molecule has 1 amide bonds. The van der Waals surface area contributed by atoms with Crippen LogP contribution in [0.25, 0.3) is 0 Å². The maximum absolute atomic E-state index is 11.6. The molecule has 1 aromatic rings. The van der Waals surface area contributed by atoms with E-state index in [2.05, 4.69) is 11.7 Å². The van der Waals surface area contributed by atoms with Gasteiger partial charge in [-0.25, -0.2) is 0 Å². The van der Waals surface area contributed by atoms with E-state index in [-0.39, 0.29) is 5.91 Å². The number of likely N-dealkylation sites (tertiary alicyclic amines) is 1. The zero-order valence-corrected chi connectivity index (χ0v) is 9.59. The third-order valence-electron chi connectivity index (χ3n) is 3.20. The highest BCUT2D eigenvalue weighted by atomic mass is 16.2. The molecule has 1 atom stereocenters. The first-order chi connectivity index (χ1) is 7.72. The number of aryl methyl sites for hydroxylation is 1. The highest BCUT2D eigenvalue weighted by Crippen LogP contribution is 2.21. The lowest BCUT2D eigenvalue weighted by Gasteiger charge is -2.23. The zero-order chi connectivity index (χ0) is 11.5. The predicted molar refractivity (Wildman–Crippen MR) is 61.8 cm³/mol. The standard InChI is InChI=1S/C12H17N3O/c1-3-12(16)15-8-4-5-11(15)9-10-6-7-13-14(10)2/h3,6-7,11H,1,4-5,8-9H2,2H3/t11-/m0/s1. The number of nitrogens with zero attached hydrogens (tertiary/aromatic N) is 3. The minimum atomic E-state index is 0.0460. The van der Waals surface area contributed by atoms with Crippen molar-refractivity contribution >= 4 is 5.91 Å². The average molecular weight is 219 g/mol. The summed E-state index contributed by atoms with van der Waals surface area (Å²) in [6.07, 6.45) is 6.24. The van der Waals surface area contributed by atoms with Gasteiger partial charge in [-0.3, -0.25) is 9.48 Å². The number of rotatable bonds is 3. The van der Waals surface area contributed by atoms with Crippen molar-refractivity contribution in [1.29, 1.82) is 0 Å². The number of carbonyl (C=O) groups is 1. The largest absolute Gasteiger partial charge is 0.336 e. The molecule has 4 heteroatoms. The average Bonchev–Trinajstić information content (AvgIpc) is 2.88. The van der Waals surface area contributed by atoms with Crippen LogP contribution in [0, 0.1) is 0 Å². The van der Waals surface area contributed by atoms with Gasteiger partial charge in [0, 0.05) is 37.9 Å². The van der Waals surface area contributed by atoms with Gasteiger partial charge in [0.1, 0.15) is 0 Å². The van der Waals surface area contributed by atoms with Crippen molar-refractivity contribution in [3.05, 3.63) is 30.6 Å². The van der Waals surface area contributed by atoms with Crippen molar-refractivity contribution in [2.45, 2.75) is 25.3 Å². The number of carbonyl (C=O) groups excluding carboxylic acids is 1. The summed E-state index contributed by atoms with van der Waals surface area (Å²) in [6, 6.07) is 2.32. The Labute approximate surface area is 95.5 Å². The van der Waals surface area contributed by atoms with Gasteiger partial charge in [0.15, 0.2) is 0 Å². The first kappa shape index (κ1) is 10.9. The van der Waals surface area contributed by atoms with Gasteiger partial charge < -0.3 is 4.90 Å². The number of aromatic nitrogens is 2. The summed E-state index contributed by atoms with van der Waals surface area (Å²) in [5, 5.41) is 4.14. The van der Waals surface area contributed by atoms with Crippen LogP contribution in [0.2, 0.25) is 0 Å². The van der Waals surface area contributed by atoms with Gasteiger partial charge in [-0.05, 0) is 25.0 Å². The maximum atomic E-state index is 11.6. The van der Waals surface area contributed by atoms with E-state index in [0.717, 1.165) is 25.8 Å². The number of amides is 1. The fraction of sp³-hybridized carbons (Fsp3) is 0.500. The molecule has 1 fully saturated rings. The molecule has 0 saturated carbocycles. The van der Waals surface area contributed by atoms with Crippen LogP contribution in [0.1, 0.15) is 18.5 Å². The molecule has 1 aliphatic rings. The summed E-state index contributed by atoms with van der Waals surface area (Å²) in [6.45, 7) is 4.40. The van der Waals surface area contributed by atoms with Gasteiger partial charge in [0.25, 0.3) is 0 Å². The van der Waals surface area contributed by atoms with E-state index in [1.807, 2.05) is 22.7 Å². The van der Waals surface area contributed by atoms with Crippen LogP contribution in [0.5, 0.6) is 0 Å². The second-order valence-corrected chi connectivity index (χ2v) is 4.18. The smallest absolute Gasteiger partial charge is 0.246 e. The topological polar surface area (TPSA) is 38.1 Å². The van der Waals surface area contributed by atoms with Crippen molar-refractivity contribution in [1.82, 2.24) is 14.7 Å². The Hall–Kier alpha value is -1.58. The van der Waals surface area contributed by atoms with Crippen LogP contribution in [0.4, 0.5) is 0 Å². The van der Waals surface area contributed by atoms with E-state index in [9.17, 15) is 4.79 Å². The van der Waals surface area contributed by atoms with Gasteiger partial charge in [0.2, 0.25) is 5.91 Å². The summed E-state index contributed by atoms with van der Waals surface area (Å²) in [5.74, 6) is 0.0460. The molecule has 16 heavy (non-hydrogen) atoms. The fourth-order valence-corrected chi connectivity index (χ4v) is 2.30.